The third kappa shape index (κ3) is 3.03. The maximum atomic E-state index is 12.1. The van der Waals surface area contributed by atoms with Crippen LogP contribution in [0.1, 0.15) is 18.4 Å². The van der Waals surface area contributed by atoms with Gasteiger partial charge in [-0.15, -0.1) is 0 Å². The number of rotatable bonds is 3. The van der Waals surface area contributed by atoms with Crippen molar-refractivity contribution in [2.75, 3.05) is 20.6 Å². The van der Waals surface area contributed by atoms with Crippen molar-refractivity contribution in [2.24, 2.45) is 0 Å². The van der Waals surface area contributed by atoms with Crippen molar-refractivity contribution in [3.63, 3.8) is 0 Å². The third-order valence-electron chi connectivity index (χ3n) is 3.36. The van der Waals surface area contributed by atoms with Crippen LogP contribution in [0.15, 0.2) is 24.3 Å². The fourth-order valence-electron chi connectivity index (χ4n) is 2.46. The molecule has 3 nitrogen and oxygen atoms in total. The molecule has 4 heteroatoms. The van der Waals surface area contributed by atoms with Crippen molar-refractivity contribution in [3.05, 3.63) is 34.9 Å². The van der Waals surface area contributed by atoms with Gasteiger partial charge in [-0.05, 0) is 37.1 Å². The quantitative estimate of drug-likeness (QED) is 0.839. The van der Waals surface area contributed by atoms with Crippen LogP contribution in [-0.2, 0) is 11.3 Å². The Morgan fingerprint density at radius 2 is 2.28 bits per heavy atom. The minimum Gasteiger partial charge on any atom is -0.347 e. The molecule has 0 bridgehead atoms. The number of benzene rings is 1. The van der Waals surface area contributed by atoms with E-state index in [2.05, 4.69) is 11.0 Å². The zero-order valence-electron chi connectivity index (χ0n) is 10.9. The lowest BCUT2D eigenvalue weighted by molar-refractivity contribution is -0.133. The maximum Gasteiger partial charge on any atom is 0.239 e. The van der Waals surface area contributed by atoms with Gasteiger partial charge in [0.25, 0.3) is 0 Å². The number of halogens is 1. The lowest BCUT2D eigenvalue weighted by Gasteiger charge is -2.26. The van der Waals surface area contributed by atoms with Gasteiger partial charge >= 0.3 is 0 Å². The molecule has 0 N–H and O–H groups in total. The fourth-order valence-corrected chi connectivity index (χ4v) is 2.68. The highest BCUT2D eigenvalue weighted by Gasteiger charge is 2.31. The van der Waals surface area contributed by atoms with Crippen LogP contribution in [0.5, 0.6) is 0 Å². The second kappa shape index (κ2) is 5.72. The summed E-state index contributed by atoms with van der Waals surface area (Å²) in [4.78, 5) is 16.0. The summed E-state index contributed by atoms with van der Waals surface area (Å²) in [6.45, 7) is 1.78. The molecule has 1 aromatic carbocycles. The van der Waals surface area contributed by atoms with E-state index in [1.807, 2.05) is 32.3 Å². The summed E-state index contributed by atoms with van der Waals surface area (Å²) in [5.41, 5.74) is 1.17. The Balaban J connectivity index is 2.06. The average molecular weight is 267 g/mol. The van der Waals surface area contributed by atoms with E-state index in [4.69, 9.17) is 11.6 Å². The molecule has 1 aromatic rings. The van der Waals surface area contributed by atoms with Gasteiger partial charge in [-0.3, -0.25) is 9.69 Å². The topological polar surface area (TPSA) is 23.6 Å². The number of likely N-dealkylation sites (tertiary alicyclic amines) is 1. The van der Waals surface area contributed by atoms with Crippen LogP contribution in [0.4, 0.5) is 0 Å². The molecule has 18 heavy (non-hydrogen) atoms. The second-order valence-electron chi connectivity index (χ2n) is 4.99. The standard InChI is InChI=1S/C14H19ClN2O/c1-16(2)14(18)13-7-4-8-17(13)10-11-5-3-6-12(15)9-11/h3,5-6,9,13H,4,7-8,10H2,1-2H3/t13-/m1/s1. The van der Waals surface area contributed by atoms with Crippen LogP contribution < -0.4 is 0 Å². The first-order chi connectivity index (χ1) is 8.58. The summed E-state index contributed by atoms with van der Waals surface area (Å²) in [5, 5.41) is 0.752. The van der Waals surface area contributed by atoms with E-state index >= 15 is 0 Å². The first kappa shape index (κ1) is 13.4. The molecule has 1 heterocycles. The zero-order valence-corrected chi connectivity index (χ0v) is 11.7. The van der Waals surface area contributed by atoms with Crippen molar-refractivity contribution < 1.29 is 4.79 Å². The van der Waals surface area contributed by atoms with Crippen molar-refractivity contribution in [2.45, 2.75) is 25.4 Å². The van der Waals surface area contributed by atoms with Crippen molar-refractivity contribution >= 4 is 17.5 Å². The number of carbonyl (C=O) groups excluding carboxylic acids is 1. The van der Waals surface area contributed by atoms with Gasteiger partial charge in [0.2, 0.25) is 5.91 Å². The number of nitrogens with zero attached hydrogens (tertiary/aromatic N) is 2. The van der Waals surface area contributed by atoms with Crippen molar-refractivity contribution in [3.8, 4) is 0 Å². The summed E-state index contributed by atoms with van der Waals surface area (Å²) in [6, 6.07) is 7.88. The molecule has 0 aliphatic carbocycles. The van der Waals surface area contributed by atoms with E-state index < -0.39 is 0 Å². The number of hydrogen-bond acceptors (Lipinski definition) is 2. The number of carbonyl (C=O) groups is 1. The Morgan fingerprint density at radius 3 is 2.94 bits per heavy atom. The third-order valence-corrected chi connectivity index (χ3v) is 3.60. The first-order valence-corrected chi connectivity index (χ1v) is 6.65. The molecule has 1 aliphatic heterocycles. The number of hydrogen-bond donors (Lipinski definition) is 0. The number of likely N-dealkylation sites (N-methyl/N-ethyl adjacent to an activating group) is 1. The average Bonchev–Trinajstić information content (AvgIpc) is 2.76. The predicted octanol–water partition coefficient (Wildman–Crippen LogP) is 2.39. The van der Waals surface area contributed by atoms with E-state index in [1.165, 1.54) is 5.56 Å². The molecule has 98 valence electrons. The van der Waals surface area contributed by atoms with Gasteiger partial charge < -0.3 is 4.90 Å². The zero-order chi connectivity index (χ0) is 13.1. The Bertz CT molecular complexity index is 434. The van der Waals surface area contributed by atoms with Crippen LogP contribution in [-0.4, -0.2) is 42.4 Å². The van der Waals surface area contributed by atoms with Crippen LogP contribution in [0.3, 0.4) is 0 Å². The van der Waals surface area contributed by atoms with E-state index in [1.54, 1.807) is 4.90 Å². The maximum absolute atomic E-state index is 12.1. The Morgan fingerprint density at radius 1 is 1.50 bits per heavy atom. The van der Waals surface area contributed by atoms with Crippen molar-refractivity contribution in [1.29, 1.82) is 0 Å². The molecule has 0 saturated carbocycles. The second-order valence-corrected chi connectivity index (χ2v) is 5.43. The van der Waals surface area contributed by atoms with Gasteiger partial charge in [0.1, 0.15) is 0 Å². The lowest BCUT2D eigenvalue weighted by Crippen LogP contribution is -2.42. The van der Waals surface area contributed by atoms with Gasteiger partial charge in [-0.2, -0.15) is 0 Å². The molecular weight excluding hydrogens is 248 g/mol. The summed E-state index contributed by atoms with van der Waals surface area (Å²) < 4.78 is 0. The van der Waals surface area contributed by atoms with Gasteiger partial charge in [0.15, 0.2) is 0 Å². The van der Waals surface area contributed by atoms with Crippen molar-refractivity contribution in [1.82, 2.24) is 9.80 Å². The molecule has 1 aliphatic rings. The Hall–Kier alpha value is -1.06. The lowest BCUT2D eigenvalue weighted by atomic mass is 10.1. The fraction of sp³-hybridized carbons (Fsp3) is 0.500. The molecule has 1 amide bonds. The Kier molecular flexibility index (Phi) is 4.25. The molecule has 2 rings (SSSR count). The molecular formula is C14H19ClN2O. The highest BCUT2D eigenvalue weighted by Crippen LogP contribution is 2.22. The van der Waals surface area contributed by atoms with Crippen LogP contribution in [0, 0.1) is 0 Å². The summed E-state index contributed by atoms with van der Waals surface area (Å²) >= 11 is 5.99. The summed E-state index contributed by atoms with van der Waals surface area (Å²) in [5.74, 6) is 0.203. The monoisotopic (exact) mass is 266 g/mol. The first-order valence-electron chi connectivity index (χ1n) is 6.27. The molecule has 1 fully saturated rings. The smallest absolute Gasteiger partial charge is 0.239 e. The predicted molar refractivity (Wildman–Crippen MR) is 73.6 cm³/mol. The SMILES string of the molecule is CN(C)C(=O)[C@H]1CCCN1Cc1cccc(Cl)c1. The van der Waals surface area contributed by atoms with E-state index in [0.717, 1.165) is 31.0 Å². The largest absolute Gasteiger partial charge is 0.347 e. The van der Waals surface area contributed by atoms with E-state index in [0.29, 0.717) is 0 Å². The van der Waals surface area contributed by atoms with Crippen LogP contribution >= 0.6 is 11.6 Å². The molecule has 0 radical (unpaired) electrons. The molecule has 1 atom stereocenters. The highest BCUT2D eigenvalue weighted by molar-refractivity contribution is 6.30. The van der Waals surface area contributed by atoms with Gasteiger partial charge in [-0.1, -0.05) is 23.7 Å². The normalized spacial score (nSPS) is 20.1. The molecule has 0 aromatic heterocycles. The minimum atomic E-state index is 0.0268. The highest BCUT2D eigenvalue weighted by atomic mass is 35.5. The van der Waals surface area contributed by atoms with Crippen LogP contribution in [0.2, 0.25) is 5.02 Å². The van der Waals surface area contributed by atoms with Gasteiger partial charge in [0.05, 0.1) is 6.04 Å². The molecule has 0 spiro atoms. The van der Waals surface area contributed by atoms with Gasteiger partial charge in [0, 0.05) is 25.7 Å². The number of amides is 1. The van der Waals surface area contributed by atoms with Gasteiger partial charge in [-0.25, -0.2) is 0 Å². The Labute approximate surface area is 113 Å². The van der Waals surface area contributed by atoms with E-state index in [9.17, 15) is 4.79 Å². The van der Waals surface area contributed by atoms with E-state index in [-0.39, 0.29) is 11.9 Å². The molecule has 0 unspecified atom stereocenters. The molecule has 1 saturated heterocycles. The minimum absolute atomic E-state index is 0.0268. The summed E-state index contributed by atoms with van der Waals surface area (Å²) in [6.07, 6.45) is 2.04. The van der Waals surface area contributed by atoms with Crippen LogP contribution in [0.25, 0.3) is 0 Å². The summed E-state index contributed by atoms with van der Waals surface area (Å²) in [7, 11) is 3.64.